The van der Waals surface area contributed by atoms with E-state index in [0.29, 0.717) is 6.04 Å². The maximum absolute atomic E-state index is 9.94. The molecule has 3 atom stereocenters. The first-order valence-corrected chi connectivity index (χ1v) is 7.32. The van der Waals surface area contributed by atoms with E-state index >= 15 is 0 Å². The lowest BCUT2D eigenvalue weighted by atomic mass is 10.1. The molecule has 4 nitrogen and oxygen atoms in total. The average molecular weight is 251 g/mol. The minimum absolute atomic E-state index is 0.0886. The van der Waals surface area contributed by atoms with E-state index in [0.717, 1.165) is 58.3 Å². The molecule has 2 fully saturated rings. The standard InChI is InChI=1S/C14H25N3O/c1-2-4-12(11-15)16-7-9-17(10-8-16)13-5-3-6-14(13)18/h12-14,18H,2-10H2,1H3. The van der Waals surface area contributed by atoms with Gasteiger partial charge in [-0.15, -0.1) is 0 Å². The molecule has 102 valence electrons. The van der Waals surface area contributed by atoms with Gasteiger partial charge in [-0.1, -0.05) is 13.3 Å². The monoisotopic (exact) mass is 251 g/mol. The summed E-state index contributed by atoms with van der Waals surface area (Å²) in [5, 5.41) is 19.1. The van der Waals surface area contributed by atoms with Crippen molar-refractivity contribution in [2.24, 2.45) is 0 Å². The number of aliphatic hydroxyl groups excluding tert-OH is 1. The smallest absolute Gasteiger partial charge is 0.0978 e. The molecule has 0 amide bonds. The summed E-state index contributed by atoms with van der Waals surface area (Å²) in [6.07, 6.45) is 5.17. The Labute approximate surface area is 110 Å². The molecular formula is C14H25N3O. The fraction of sp³-hybridized carbons (Fsp3) is 0.929. The Morgan fingerprint density at radius 3 is 2.50 bits per heavy atom. The largest absolute Gasteiger partial charge is 0.391 e. The van der Waals surface area contributed by atoms with Crippen LogP contribution in [-0.4, -0.2) is 59.3 Å². The van der Waals surface area contributed by atoms with Crippen LogP contribution in [0.1, 0.15) is 39.0 Å². The Balaban J connectivity index is 1.82. The highest BCUT2D eigenvalue weighted by molar-refractivity contribution is 4.95. The first kappa shape index (κ1) is 13.8. The van der Waals surface area contributed by atoms with Gasteiger partial charge in [-0.2, -0.15) is 5.26 Å². The van der Waals surface area contributed by atoms with E-state index in [1.54, 1.807) is 0 Å². The Bertz CT molecular complexity index is 294. The van der Waals surface area contributed by atoms with E-state index in [2.05, 4.69) is 22.8 Å². The number of aliphatic hydroxyl groups is 1. The quantitative estimate of drug-likeness (QED) is 0.816. The minimum atomic E-state index is -0.126. The molecule has 1 N–H and O–H groups in total. The van der Waals surface area contributed by atoms with Crippen LogP contribution in [0.25, 0.3) is 0 Å². The first-order valence-electron chi connectivity index (χ1n) is 7.32. The number of hydrogen-bond acceptors (Lipinski definition) is 4. The summed E-state index contributed by atoms with van der Waals surface area (Å²) in [5.41, 5.74) is 0. The molecule has 1 saturated heterocycles. The van der Waals surface area contributed by atoms with Gasteiger partial charge >= 0.3 is 0 Å². The topological polar surface area (TPSA) is 50.5 Å². The zero-order valence-corrected chi connectivity index (χ0v) is 11.4. The van der Waals surface area contributed by atoms with E-state index in [1.807, 2.05) is 0 Å². The van der Waals surface area contributed by atoms with E-state index in [1.165, 1.54) is 0 Å². The fourth-order valence-corrected chi connectivity index (χ4v) is 3.33. The molecule has 1 aliphatic carbocycles. The molecule has 0 radical (unpaired) electrons. The highest BCUT2D eigenvalue weighted by atomic mass is 16.3. The van der Waals surface area contributed by atoms with E-state index in [4.69, 9.17) is 0 Å². The Kier molecular flexibility index (Phi) is 4.99. The molecule has 0 spiro atoms. The van der Waals surface area contributed by atoms with E-state index in [-0.39, 0.29) is 12.1 Å². The van der Waals surface area contributed by atoms with Crippen molar-refractivity contribution in [2.45, 2.75) is 57.2 Å². The van der Waals surface area contributed by atoms with Gasteiger partial charge in [0.2, 0.25) is 0 Å². The third-order valence-electron chi connectivity index (χ3n) is 4.41. The van der Waals surface area contributed by atoms with Crippen molar-refractivity contribution < 1.29 is 5.11 Å². The molecule has 0 bridgehead atoms. The summed E-state index contributed by atoms with van der Waals surface area (Å²) in [6.45, 7) is 6.09. The number of rotatable bonds is 4. The van der Waals surface area contributed by atoms with Crippen LogP contribution in [-0.2, 0) is 0 Å². The molecule has 0 aromatic heterocycles. The number of piperazine rings is 1. The van der Waals surface area contributed by atoms with Crippen molar-refractivity contribution in [1.82, 2.24) is 9.80 Å². The molecule has 18 heavy (non-hydrogen) atoms. The van der Waals surface area contributed by atoms with Crippen molar-refractivity contribution >= 4 is 0 Å². The lowest BCUT2D eigenvalue weighted by Crippen LogP contribution is -2.54. The van der Waals surface area contributed by atoms with Gasteiger partial charge in [0.1, 0.15) is 0 Å². The normalized spacial score (nSPS) is 32.3. The van der Waals surface area contributed by atoms with Gasteiger partial charge in [0.25, 0.3) is 0 Å². The van der Waals surface area contributed by atoms with Crippen molar-refractivity contribution in [3.63, 3.8) is 0 Å². The lowest BCUT2D eigenvalue weighted by Gasteiger charge is -2.40. The maximum Gasteiger partial charge on any atom is 0.0978 e. The van der Waals surface area contributed by atoms with Gasteiger partial charge in [0.15, 0.2) is 0 Å². The zero-order valence-electron chi connectivity index (χ0n) is 11.4. The van der Waals surface area contributed by atoms with Gasteiger partial charge in [-0.05, 0) is 25.7 Å². The van der Waals surface area contributed by atoms with Crippen LogP contribution in [0.4, 0.5) is 0 Å². The second-order valence-corrected chi connectivity index (χ2v) is 5.57. The second kappa shape index (κ2) is 6.51. The summed E-state index contributed by atoms with van der Waals surface area (Å²) in [4.78, 5) is 4.73. The summed E-state index contributed by atoms with van der Waals surface area (Å²) >= 11 is 0. The number of hydrogen-bond donors (Lipinski definition) is 1. The highest BCUT2D eigenvalue weighted by Crippen LogP contribution is 2.25. The molecule has 0 aromatic carbocycles. The average Bonchev–Trinajstić information content (AvgIpc) is 2.82. The van der Waals surface area contributed by atoms with Crippen molar-refractivity contribution in [3.05, 3.63) is 0 Å². The molecule has 3 unspecified atom stereocenters. The predicted octanol–water partition coefficient (Wildman–Crippen LogP) is 1.21. The highest BCUT2D eigenvalue weighted by Gasteiger charge is 2.33. The second-order valence-electron chi connectivity index (χ2n) is 5.57. The Morgan fingerprint density at radius 1 is 1.28 bits per heavy atom. The maximum atomic E-state index is 9.94. The van der Waals surface area contributed by atoms with E-state index in [9.17, 15) is 10.4 Å². The van der Waals surface area contributed by atoms with Crippen LogP contribution < -0.4 is 0 Å². The third kappa shape index (κ3) is 3.03. The summed E-state index contributed by atoms with van der Waals surface area (Å²) < 4.78 is 0. The predicted molar refractivity (Wildman–Crippen MR) is 71.1 cm³/mol. The van der Waals surface area contributed by atoms with E-state index < -0.39 is 0 Å². The third-order valence-corrected chi connectivity index (χ3v) is 4.41. The van der Waals surface area contributed by atoms with Crippen LogP contribution in [0.2, 0.25) is 0 Å². The molecule has 0 aromatic rings. The van der Waals surface area contributed by atoms with Gasteiger partial charge in [0.05, 0.1) is 18.2 Å². The van der Waals surface area contributed by atoms with Gasteiger partial charge in [-0.25, -0.2) is 0 Å². The summed E-state index contributed by atoms with van der Waals surface area (Å²) in [7, 11) is 0. The molecular weight excluding hydrogens is 226 g/mol. The van der Waals surface area contributed by atoms with Crippen LogP contribution in [0, 0.1) is 11.3 Å². The summed E-state index contributed by atoms with van der Waals surface area (Å²) in [5.74, 6) is 0. The van der Waals surface area contributed by atoms with Crippen molar-refractivity contribution in [3.8, 4) is 6.07 Å². The Morgan fingerprint density at radius 2 is 2.00 bits per heavy atom. The van der Waals surface area contributed by atoms with Gasteiger partial charge < -0.3 is 5.11 Å². The number of nitriles is 1. The molecule has 4 heteroatoms. The molecule has 2 rings (SSSR count). The molecule has 1 heterocycles. The molecule has 1 aliphatic heterocycles. The van der Waals surface area contributed by atoms with Crippen LogP contribution in [0.15, 0.2) is 0 Å². The SMILES string of the molecule is CCCC(C#N)N1CCN(C2CCCC2O)CC1. The van der Waals surface area contributed by atoms with Crippen LogP contribution >= 0.6 is 0 Å². The van der Waals surface area contributed by atoms with Gasteiger partial charge in [-0.3, -0.25) is 9.80 Å². The van der Waals surface area contributed by atoms with Crippen molar-refractivity contribution in [1.29, 1.82) is 5.26 Å². The first-order chi connectivity index (χ1) is 8.76. The van der Waals surface area contributed by atoms with Crippen LogP contribution in [0.5, 0.6) is 0 Å². The minimum Gasteiger partial charge on any atom is -0.391 e. The number of nitrogens with zero attached hydrogens (tertiary/aromatic N) is 3. The molecule has 1 saturated carbocycles. The fourth-order valence-electron chi connectivity index (χ4n) is 3.33. The van der Waals surface area contributed by atoms with Crippen molar-refractivity contribution in [2.75, 3.05) is 26.2 Å². The van der Waals surface area contributed by atoms with Crippen LogP contribution in [0.3, 0.4) is 0 Å². The lowest BCUT2D eigenvalue weighted by molar-refractivity contribution is 0.0288. The summed E-state index contributed by atoms with van der Waals surface area (Å²) in [6, 6.07) is 2.89. The Hall–Kier alpha value is -0.630. The zero-order chi connectivity index (χ0) is 13.0. The molecule has 2 aliphatic rings. The van der Waals surface area contributed by atoms with Gasteiger partial charge in [0, 0.05) is 32.2 Å².